The van der Waals surface area contributed by atoms with Crippen LogP contribution in [0.3, 0.4) is 0 Å². The fourth-order valence-corrected chi connectivity index (χ4v) is 3.72. The van der Waals surface area contributed by atoms with E-state index in [1.54, 1.807) is 31.2 Å². The molecule has 136 valence electrons. The number of nitrogens with one attached hydrogen (secondary N) is 1. The molecule has 0 aliphatic heterocycles. The number of sulfonamides is 1. The molecule has 3 rings (SSSR count). The Bertz CT molecular complexity index is 999. The van der Waals surface area contributed by atoms with E-state index in [0.717, 1.165) is 11.1 Å². The third-order valence-electron chi connectivity index (χ3n) is 3.70. The van der Waals surface area contributed by atoms with Crippen molar-refractivity contribution in [3.63, 3.8) is 0 Å². The van der Waals surface area contributed by atoms with E-state index in [0.29, 0.717) is 18.8 Å². The average molecular weight is 373 g/mol. The first kappa shape index (κ1) is 18.1. The van der Waals surface area contributed by atoms with Crippen LogP contribution in [-0.2, 0) is 21.4 Å². The van der Waals surface area contributed by atoms with Crippen LogP contribution in [0.5, 0.6) is 0 Å². The lowest BCUT2D eigenvalue weighted by Crippen LogP contribution is -2.15. The number of hydrogen-bond donors (Lipinski definition) is 1. The zero-order valence-corrected chi connectivity index (χ0v) is 15.3. The van der Waals surface area contributed by atoms with Gasteiger partial charge in [0, 0.05) is 19.1 Å². The van der Waals surface area contributed by atoms with E-state index in [2.05, 4.69) is 14.9 Å². The van der Waals surface area contributed by atoms with Gasteiger partial charge in [0.15, 0.2) is 0 Å². The molecule has 0 atom stereocenters. The highest BCUT2D eigenvalue weighted by atomic mass is 32.2. The Hall–Kier alpha value is -2.71. The van der Waals surface area contributed by atoms with E-state index in [1.807, 2.05) is 31.2 Å². The molecule has 1 N–H and O–H groups in total. The molecule has 0 saturated heterocycles. The van der Waals surface area contributed by atoms with Gasteiger partial charge in [0.1, 0.15) is 0 Å². The minimum Gasteiger partial charge on any atom is -0.377 e. The Morgan fingerprint density at radius 3 is 2.46 bits per heavy atom. The van der Waals surface area contributed by atoms with Gasteiger partial charge in [-0.2, -0.15) is 4.98 Å². The maximum Gasteiger partial charge on any atom is 0.277 e. The van der Waals surface area contributed by atoms with Crippen LogP contribution in [-0.4, -0.2) is 25.2 Å². The van der Waals surface area contributed by atoms with E-state index in [4.69, 9.17) is 9.26 Å². The van der Waals surface area contributed by atoms with Gasteiger partial charge < -0.3 is 9.26 Å². The fraction of sp³-hybridized carbons (Fsp3) is 0.222. The van der Waals surface area contributed by atoms with Gasteiger partial charge in [-0.25, -0.2) is 13.1 Å². The number of benzene rings is 2. The molecule has 2 aromatic carbocycles. The van der Waals surface area contributed by atoms with Crippen LogP contribution in [0.2, 0.25) is 0 Å². The largest absolute Gasteiger partial charge is 0.377 e. The first-order chi connectivity index (χ1) is 12.5. The molecular weight excluding hydrogens is 354 g/mol. The van der Waals surface area contributed by atoms with Crippen molar-refractivity contribution in [2.75, 3.05) is 11.3 Å². The Labute approximate surface area is 152 Å². The molecule has 3 aromatic rings. The van der Waals surface area contributed by atoms with Crippen molar-refractivity contribution < 1.29 is 17.7 Å². The van der Waals surface area contributed by atoms with Crippen molar-refractivity contribution in [2.24, 2.45) is 0 Å². The van der Waals surface area contributed by atoms with Gasteiger partial charge in [0.05, 0.1) is 11.5 Å². The van der Waals surface area contributed by atoms with Crippen molar-refractivity contribution >= 4 is 16.0 Å². The molecule has 0 unspecified atom stereocenters. The van der Waals surface area contributed by atoms with E-state index < -0.39 is 10.0 Å². The van der Waals surface area contributed by atoms with Crippen molar-refractivity contribution in [3.05, 3.63) is 60.0 Å². The van der Waals surface area contributed by atoms with Gasteiger partial charge in [-0.15, -0.1) is 0 Å². The van der Waals surface area contributed by atoms with Gasteiger partial charge in [-0.05, 0) is 29.3 Å². The van der Waals surface area contributed by atoms with E-state index in [1.165, 1.54) is 0 Å². The molecule has 0 radical (unpaired) electrons. The molecule has 1 heterocycles. The van der Waals surface area contributed by atoms with Crippen molar-refractivity contribution in [2.45, 2.75) is 25.3 Å². The highest BCUT2D eigenvalue weighted by molar-refractivity contribution is 7.92. The summed E-state index contributed by atoms with van der Waals surface area (Å²) in [5.41, 5.74) is 2.29. The van der Waals surface area contributed by atoms with Crippen LogP contribution in [0.4, 0.5) is 5.95 Å². The van der Waals surface area contributed by atoms with Crippen molar-refractivity contribution in [3.8, 4) is 11.1 Å². The summed E-state index contributed by atoms with van der Waals surface area (Å²) in [6, 6.07) is 14.3. The number of aromatic nitrogens is 2. The lowest BCUT2D eigenvalue weighted by atomic mass is 10.0. The maximum atomic E-state index is 12.9. The SMILES string of the molecule is CCOCc1ccccc1-c1ccccc1S(=O)(=O)Nc1noc(C)n1. The number of nitrogens with zero attached hydrogens (tertiary/aromatic N) is 2. The quantitative estimate of drug-likeness (QED) is 0.682. The van der Waals surface area contributed by atoms with Crippen LogP contribution < -0.4 is 4.72 Å². The molecule has 7 nitrogen and oxygen atoms in total. The lowest BCUT2D eigenvalue weighted by Gasteiger charge is -2.14. The Morgan fingerprint density at radius 2 is 1.77 bits per heavy atom. The summed E-state index contributed by atoms with van der Waals surface area (Å²) in [6.07, 6.45) is 0. The Kier molecular flexibility index (Phi) is 5.34. The number of aryl methyl sites for hydroxylation is 1. The summed E-state index contributed by atoms with van der Waals surface area (Å²) < 4.78 is 38.4. The van der Waals surface area contributed by atoms with Crippen LogP contribution in [0.15, 0.2) is 57.9 Å². The zero-order valence-electron chi connectivity index (χ0n) is 14.5. The number of ether oxygens (including phenoxy) is 1. The monoisotopic (exact) mass is 373 g/mol. The molecule has 0 saturated carbocycles. The van der Waals surface area contributed by atoms with Gasteiger partial charge in [0.2, 0.25) is 5.89 Å². The number of anilines is 1. The Morgan fingerprint density at radius 1 is 1.08 bits per heavy atom. The summed E-state index contributed by atoms with van der Waals surface area (Å²) in [5.74, 6) is 0.179. The van der Waals surface area contributed by atoms with Crippen LogP contribution in [0, 0.1) is 6.92 Å². The van der Waals surface area contributed by atoms with Gasteiger partial charge in [-0.1, -0.05) is 42.5 Å². The zero-order chi connectivity index (χ0) is 18.6. The number of hydrogen-bond acceptors (Lipinski definition) is 6. The third-order valence-corrected chi connectivity index (χ3v) is 5.09. The molecule has 26 heavy (non-hydrogen) atoms. The first-order valence-corrected chi connectivity index (χ1v) is 9.57. The molecule has 0 fully saturated rings. The first-order valence-electron chi connectivity index (χ1n) is 8.09. The topological polar surface area (TPSA) is 94.3 Å². The smallest absolute Gasteiger partial charge is 0.277 e. The fourth-order valence-electron chi connectivity index (χ4n) is 2.56. The van der Waals surface area contributed by atoms with Gasteiger partial charge in [-0.3, -0.25) is 0 Å². The molecule has 0 amide bonds. The van der Waals surface area contributed by atoms with Crippen LogP contribution in [0.1, 0.15) is 18.4 Å². The molecule has 0 aliphatic carbocycles. The average Bonchev–Trinajstić information content (AvgIpc) is 3.04. The molecular formula is C18H19N3O4S. The van der Waals surface area contributed by atoms with Crippen molar-refractivity contribution in [1.29, 1.82) is 0 Å². The molecule has 0 aliphatic rings. The van der Waals surface area contributed by atoms with E-state index >= 15 is 0 Å². The third kappa shape index (κ3) is 3.92. The normalized spacial score (nSPS) is 11.5. The summed E-state index contributed by atoms with van der Waals surface area (Å²) >= 11 is 0. The summed E-state index contributed by atoms with van der Waals surface area (Å²) in [7, 11) is -3.89. The van der Waals surface area contributed by atoms with Crippen molar-refractivity contribution in [1.82, 2.24) is 10.1 Å². The van der Waals surface area contributed by atoms with Gasteiger partial charge >= 0.3 is 0 Å². The second-order valence-corrected chi connectivity index (χ2v) is 7.18. The maximum absolute atomic E-state index is 12.9. The minimum atomic E-state index is -3.89. The molecule has 0 bridgehead atoms. The second kappa shape index (κ2) is 7.67. The second-order valence-electron chi connectivity index (χ2n) is 5.53. The standard InChI is InChI=1S/C18H19N3O4S/c1-3-24-12-14-8-4-5-9-15(14)16-10-6-7-11-17(16)26(22,23)21-18-19-13(2)25-20-18/h4-11H,3,12H2,1-2H3,(H,20,21). The highest BCUT2D eigenvalue weighted by Crippen LogP contribution is 2.31. The summed E-state index contributed by atoms with van der Waals surface area (Å²) in [6.45, 7) is 4.48. The molecule has 1 aromatic heterocycles. The van der Waals surface area contributed by atoms with E-state index in [9.17, 15) is 8.42 Å². The van der Waals surface area contributed by atoms with Crippen LogP contribution >= 0.6 is 0 Å². The Balaban J connectivity index is 2.04. The summed E-state index contributed by atoms with van der Waals surface area (Å²) in [4.78, 5) is 4.02. The lowest BCUT2D eigenvalue weighted by molar-refractivity contribution is 0.134. The molecule has 0 spiro atoms. The predicted octanol–water partition coefficient (Wildman–Crippen LogP) is 3.38. The van der Waals surface area contributed by atoms with Crippen LogP contribution in [0.25, 0.3) is 11.1 Å². The molecule has 8 heteroatoms. The number of rotatable bonds is 7. The summed E-state index contributed by atoms with van der Waals surface area (Å²) in [5, 5.41) is 3.59. The van der Waals surface area contributed by atoms with E-state index in [-0.39, 0.29) is 16.7 Å². The minimum absolute atomic E-state index is 0.0973. The van der Waals surface area contributed by atoms with Gasteiger partial charge in [0.25, 0.3) is 16.0 Å². The predicted molar refractivity (Wildman–Crippen MR) is 97.1 cm³/mol. The highest BCUT2D eigenvalue weighted by Gasteiger charge is 2.22.